The highest BCUT2D eigenvalue weighted by Gasteiger charge is 2.16. The van der Waals surface area contributed by atoms with E-state index in [1.165, 1.54) is 23.5 Å². The molecule has 0 atom stereocenters. The number of halogens is 2. The van der Waals surface area contributed by atoms with Crippen molar-refractivity contribution in [3.63, 3.8) is 0 Å². The predicted octanol–water partition coefficient (Wildman–Crippen LogP) is 4.12. The van der Waals surface area contributed by atoms with Gasteiger partial charge in [0.15, 0.2) is 4.77 Å². The van der Waals surface area contributed by atoms with E-state index in [1.54, 1.807) is 17.5 Å². The molecule has 8 heteroatoms. The Morgan fingerprint density at radius 3 is 2.76 bits per heavy atom. The summed E-state index contributed by atoms with van der Waals surface area (Å²) >= 11 is 18.3. The molecule has 0 aliphatic carbocycles. The van der Waals surface area contributed by atoms with Gasteiger partial charge in [0.2, 0.25) is 0 Å². The van der Waals surface area contributed by atoms with Crippen LogP contribution in [0, 0.1) is 4.77 Å². The van der Waals surface area contributed by atoms with E-state index in [9.17, 15) is 9.59 Å². The minimum atomic E-state index is -0.545. The molecule has 0 amide bonds. The van der Waals surface area contributed by atoms with Gasteiger partial charge in [0.25, 0.3) is 11.5 Å². The number of rotatable bonds is 1. The number of hydrogen-bond donors (Lipinski definition) is 1. The van der Waals surface area contributed by atoms with E-state index in [-0.39, 0.29) is 15.2 Å². The van der Waals surface area contributed by atoms with Crippen molar-refractivity contribution in [3.05, 3.63) is 59.7 Å². The SMILES string of the molecule is O=C(c1cccs1)n1c(=S)[nH]c2c(Cl)cc(Cl)cc2c1=O. The van der Waals surface area contributed by atoms with E-state index in [0.717, 1.165) is 4.57 Å². The number of aromatic amines is 1. The van der Waals surface area contributed by atoms with Gasteiger partial charge in [0.1, 0.15) is 0 Å². The molecule has 0 saturated heterocycles. The van der Waals surface area contributed by atoms with E-state index >= 15 is 0 Å². The minimum absolute atomic E-state index is 0.00452. The number of nitrogens with zero attached hydrogens (tertiary/aromatic N) is 1. The highest BCUT2D eigenvalue weighted by atomic mass is 35.5. The summed E-state index contributed by atoms with van der Waals surface area (Å²) < 4.78 is 0.908. The molecule has 21 heavy (non-hydrogen) atoms. The number of benzene rings is 1. The van der Waals surface area contributed by atoms with E-state index in [1.807, 2.05) is 0 Å². The topological polar surface area (TPSA) is 54.9 Å². The van der Waals surface area contributed by atoms with Gasteiger partial charge in [0.05, 0.1) is 20.8 Å². The van der Waals surface area contributed by atoms with Crippen LogP contribution in [0.1, 0.15) is 9.67 Å². The van der Waals surface area contributed by atoms with Crippen molar-refractivity contribution >= 4 is 63.6 Å². The van der Waals surface area contributed by atoms with Gasteiger partial charge in [-0.2, -0.15) is 0 Å². The van der Waals surface area contributed by atoms with Crippen molar-refractivity contribution in [1.29, 1.82) is 0 Å². The van der Waals surface area contributed by atoms with Gasteiger partial charge in [0, 0.05) is 5.02 Å². The van der Waals surface area contributed by atoms with Gasteiger partial charge >= 0.3 is 0 Å². The Bertz CT molecular complexity index is 974. The van der Waals surface area contributed by atoms with Crippen LogP contribution in [0.5, 0.6) is 0 Å². The van der Waals surface area contributed by atoms with Crippen molar-refractivity contribution in [1.82, 2.24) is 9.55 Å². The number of hydrogen-bond acceptors (Lipinski definition) is 4. The monoisotopic (exact) mass is 356 g/mol. The molecular weight excluding hydrogens is 351 g/mol. The summed E-state index contributed by atoms with van der Waals surface area (Å²) in [6, 6.07) is 6.31. The molecule has 4 nitrogen and oxygen atoms in total. The molecule has 0 fully saturated rings. The molecule has 2 heterocycles. The van der Waals surface area contributed by atoms with Crippen molar-refractivity contribution in [2.75, 3.05) is 0 Å². The van der Waals surface area contributed by atoms with Crippen LogP contribution >= 0.6 is 46.8 Å². The summed E-state index contributed by atoms with van der Waals surface area (Å²) in [5, 5.41) is 2.55. The van der Waals surface area contributed by atoms with E-state index in [4.69, 9.17) is 35.4 Å². The third-order valence-electron chi connectivity index (χ3n) is 2.86. The van der Waals surface area contributed by atoms with Gasteiger partial charge in [-0.25, -0.2) is 4.57 Å². The third kappa shape index (κ3) is 2.44. The molecule has 3 rings (SSSR count). The van der Waals surface area contributed by atoms with Crippen LogP contribution in [0.2, 0.25) is 10.0 Å². The molecule has 2 aromatic heterocycles. The molecule has 0 aliphatic heterocycles. The lowest BCUT2D eigenvalue weighted by atomic mass is 10.2. The highest BCUT2D eigenvalue weighted by molar-refractivity contribution is 7.71. The quantitative estimate of drug-likeness (QED) is 0.667. The van der Waals surface area contributed by atoms with Gasteiger partial charge in [-0.3, -0.25) is 9.59 Å². The fraction of sp³-hybridized carbons (Fsp3) is 0. The average molecular weight is 357 g/mol. The molecule has 106 valence electrons. The molecule has 0 spiro atoms. The van der Waals surface area contributed by atoms with Crippen molar-refractivity contribution < 1.29 is 4.79 Å². The Morgan fingerprint density at radius 1 is 1.33 bits per heavy atom. The van der Waals surface area contributed by atoms with Gasteiger partial charge in [-0.15, -0.1) is 11.3 Å². The molecule has 0 aliphatic rings. The van der Waals surface area contributed by atoms with E-state index < -0.39 is 11.5 Å². The standard InChI is InChI=1S/C13H6Cl2N2O2S2/c14-6-4-7-10(8(15)5-6)16-13(20)17(11(7)18)12(19)9-2-1-3-21-9/h1-5H,(H,16,20). The van der Waals surface area contributed by atoms with Crippen LogP contribution in [-0.4, -0.2) is 15.5 Å². The molecule has 1 N–H and O–H groups in total. The summed E-state index contributed by atoms with van der Waals surface area (Å²) in [5.41, 5.74) is -0.178. The Kier molecular flexibility index (Phi) is 3.71. The Morgan fingerprint density at radius 2 is 2.10 bits per heavy atom. The lowest BCUT2D eigenvalue weighted by molar-refractivity contribution is 0.0957. The number of carbonyl (C=O) groups is 1. The zero-order valence-electron chi connectivity index (χ0n) is 10.2. The van der Waals surface area contributed by atoms with Crippen LogP contribution in [0.3, 0.4) is 0 Å². The van der Waals surface area contributed by atoms with Gasteiger partial charge in [-0.05, 0) is 35.8 Å². The summed E-state index contributed by atoms with van der Waals surface area (Å²) in [5.74, 6) is -0.478. The second-order valence-corrected chi connectivity index (χ2v) is 6.34. The number of aromatic nitrogens is 2. The maximum atomic E-state index is 12.5. The molecule has 0 bridgehead atoms. The highest BCUT2D eigenvalue weighted by Crippen LogP contribution is 2.24. The van der Waals surface area contributed by atoms with Crippen molar-refractivity contribution in [3.8, 4) is 0 Å². The number of carbonyl (C=O) groups excluding carboxylic acids is 1. The number of fused-ring (bicyclic) bond motifs is 1. The van der Waals surface area contributed by atoms with Gasteiger partial charge < -0.3 is 4.98 Å². The van der Waals surface area contributed by atoms with Crippen LogP contribution < -0.4 is 5.56 Å². The summed E-state index contributed by atoms with van der Waals surface area (Å²) in [7, 11) is 0. The maximum Gasteiger partial charge on any atom is 0.277 e. The Labute approximate surface area is 137 Å². The number of nitrogens with one attached hydrogen (secondary N) is 1. The number of H-pyrrole nitrogens is 1. The second kappa shape index (κ2) is 5.38. The van der Waals surface area contributed by atoms with E-state index in [2.05, 4.69) is 4.98 Å². The first-order chi connectivity index (χ1) is 9.99. The van der Waals surface area contributed by atoms with Crippen molar-refractivity contribution in [2.45, 2.75) is 0 Å². The normalized spacial score (nSPS) is 11.0. The van der Waals surface area contributed by atoms with E-state index in [0.29, 0.717) is 15.4 Å². The molecule has 0 saturated carbocycles. The maximum absolute atomic E-state index is 12.5. The Balaban J connectivity index is 2.38. The average Bonchev–Trinajstić information content (AvgIpc) is 2.94. The van der Waals surface area contributed by atoms with Gasteiger partial charge in [-0.1, -0.05) is 29.3 Å². The fourth-order valence-corrected chi connectivity index (χ4v) is 3.40. The van der Waals surface area contributed by atoms with Crippen LogP contribution in [0.25, 0.3) is 10.9 Å². The fourth-order valence-electron chi connectivity index (χ4n) is 1.94. The summed E-state index contributed by atoms with van der Waals surface area (Å²) in [4.78, 5) is 28.1. The molecule has 0 radical (unpaired) electrons. The minimum Gasteiger partial charge on any atom is -0.330 e. The lowest BCUT2D eigenvalue weighted by Gasteiger charge is -2.07. The lowest BCUT2D eigenvalue weighted by Crippen LogP contribution is -2.28. The molecule has 1 aromatic carbocycles. The first-order valence-electron chi connectivity index (χ1n) is 5.71. The smallest absolute Gasteiger partial charge is 0.277 e. The van der Waals surface area contributed by atoms with Crippen LogP contribution in [-0.2, 0) is 0 Å². The first-order valence-corrected chi connectivity index (χ1v) is 7.75. The predicted molar refractivity (Wildman–Crippen MR) is 87.5 cm³/mol. The second-order valence-electron chi connectivity index (χ2n) is 4.16. The van der Waals surface area contributed by atoms with Crippen LogP contribution in [0.15, 0.2) is 34.4 Å². The largest absolute Gasteiger partial charge is 0.330 e. The zero-order chi connectivity index (χ0) is 15.1. The Hall–Kier alpha value is -1.47. The number of thiophene rings is 1. The summed E-state index contributed by atoms with van der Waals surface area (Å²) in [6.07, 6.45) is 0. The van der Waals surface area contributed by atoms with Crippen molar-refractivity contribution in [2.24, 2.45) is 0 Å². The summed E-state index contributed by atoms with van der Waals surface area (Å²) in [6.45, 7) is 0. The molecule has 0 unspecified atom stereocenters. The zero-order valence-corrected chi connectivity index (χ0v) is 13.4. The third-order valence-corrected chi connectivity index (χ3v) is 4.52. The first kappa shape index (κ1) is 14.5. The molecule has 3 aromatic rings. The van der Waals surface area contributed by atoms with Crippen LogP contribution in [0.4, 0.5) is 0 Å². The molecular formula is C13H6Cl2N2O2S2.